The van der Waals surface area contributed by atoms with Crippen LogP contribution in [0.5, 0.6) is 5.75 Å². The van der Waals surface area contributed by atoms with E-state index in [1.54, 1.807) is 16.4 Å². The third-order valence-corrected chi connectivity index (χ3v) is 6.08. The van der Waals surface area contributed by atoms with E-state index in [-0.39, 0.29) is 68.4 Å². The number of esters is 1. The highest BCUT2D eigenvalue weighted by Crippen LogP contribution is 2.44. The van der Waals surface area contributed by atoms with Crippen LogP contribution in [0.3, 0.4) is 0 Å². The SMILES string of the molecule is CCOC(=O)C1=NOC2CN(c3c(F)cc4c(=O)c(C(=O)O)cn5c4c3OC[C@@H]5C)CC12.S. The fourth-order valence-electron chi connectivity index (χ4n) is 4.57. The van der Waals surface area contributed by atoms with Crippen LogP contribution >= 0.6 is 13.5 Å². The number of oxime groups is 1. The van der Waals surface area contributed by atoms with Gasteiger partial charge >= 0.3 is 11.9 Å². The smallest absolute Gasteiger partial charge is 0.356 e. The average molecular weight is 479 g/mol. The van der Waals surface area contributed by atoms with Gasteiger partial charge < -0.3 is 28.9 Å². The zero-order valence-electron chi connectivity index (χ0n) is 17.8. The van der Waals surface area contributed by atoms with Crippen molar-refractivity contribution in [1.82, 2.24) is 4.57 Å². The van der Waals surface area contributed by atoms with E-state index < -0.39 is 40.8 Å². The molecular formula is C21H22FN3O7S. The number of aromatic nitrogens is 1. The van der Waals surface area contributed by atoms with Crippen LogP contribution in [0, 0.1) is 11.7 Å². The molecule has 5 rings (SSSR count). The molecule has 4 heterocycles. The molecule has 1 aromatic heterocycles. The molecule has 10 nitrogen and oxygen atoms in total. The molecule has 0 spiro atoms. The molecule has 33 heavy (non-hydrogen) atoms. The van der Waals surface area contributed by atoms with Gasteiger partial charge in [0, 0.05) is 12.7 Å². The van der Waals surface area contributed by atoms with Gasteiger partial charge in [-0.3, -0.25) is 4.79 Å². The number of carboxylic acids is 1. The van der Waals surface area contributed by atoms with Gasteiger partial charge in [0.25, 0.3) is 0 Å². The van der Waals surface area contributed by atoms with Crippen LogP contribution in [0.4, 0.5) is 10.1 Å². The highest BCUT2D eigenvalue weighted by atomic mass is 32.1. The summed E-state index contributed by atoms with van der Waals surface area (Å²) in [5.41, 5.74) is -0.559. The van der Waals surface area contributed by atoms with E-state index in [9.17, 15) is 19.5 Å². The molecule has 3 aliphatic rings. The summed E-state index contributed by atoms with van der Waals surface area (Å²) in [4.78, 5) is 43.5. The summed E-state index contributed by atoms with van der Waals surface area (Å²) in [5, 5.41) is 13.2. The molecule has 0 saturated carbocycles. The summed E-state index contributed by atoms with van der Waals surface area (Å²) in [6.07, 6.45) is 0.828. The zero-order chi connectivity index (χ0) is 22.7. The van der Waals surface area contributed by atoms with Gasteiger partial charge in [-0.2, -0.15) is 13.5 Å². The molecule has 1 fully saturated rings. The Kier molecular flexibility index (Phi) is 5.72. The number of hydrogen-bond acceptors (Lipinski definition) is 8. The van der Waals surface area contributed by atoms with Crippen LogP contribution in [-0.4, -0.2) is 59.7 Å². The molecule has 1 N–H and O–H groups in total. The molecular weight excluding hydrogens is 457 g/mol. The van der Waals surface area contributed by atoms with Crippen LogP contribution in [0.1, 0.15) is 30.2 Å². The van der Waals surface area contributed by atoms with E-state index in [1.165, 1.54) is 6.20 Å². The Morgan fingerprint density at radius 1 is 1.36 bits per heavy atom. The minimum atomic E-state index is -1.37. The van der Waals surface area contributed by atoms with Crippen molar-refractivity contribution < 1.29 is 33.4 Å². The largest absolute Gasteiger partial charge is 0.487 e. The van der Waals surface area contributed by atoms with E-state index in [2.05, 4.69) is 5.16 Å². The lowest BCUT2D eigenvalue weighted by molar-refractivity contribution is -0.135. The number of benzene rings is 1. The van der Waals surface area contributed by atoms with Gasteiger partial charge in [-0.05, 0) is 19.9 Å². The van der Waals surface area contributed by atoms with Crippen molar-refractivity contribution in [1.29, 1.82) is 0 Å². The average Bonchev–Trinajstić information content (AvgIpc) is 3.32. The van der Waals surface area contributed by atoms with Gasteiger partial charge in [-0.15, -0.1) is 0 Å². The summed E-state index contributed by atoms with van der Waals surface area (Å²) in [7, 11) is 0. The molecule has 176 valence electrons. The van der Waals surface area contributed by atoms with Crippen LogP contribution in [-0.2, 0) is 14.4 Å². The Balaban J connectivity index is 0.00000259. The fourth-order valence-corrected chi connectivity index (χ4v) is 4.57. The number of hydrogen-bond donors (Lipinski definition) is 1. The number of rotatable bonds is 4. The lowest BCUT2D eigenvalue weighted by atomic mass is 10.0. The van der Waals surface area contributed by atoms with Gasteiger partial charge in [0.05, 0.1) is 36.0 Å². The Morgan fingerprint density at radius 2 is 2.12 bits per heavy atom. The summed E-state index contributed by atoms with van der Waals surface area (Å²) in [6.45, 7) is 4.38. The van der Waals surface area contributed by atoms with Crippen molar-refractivity contribution in [3.05, 3.63) is 33.9 Å². The standard InChI is InChI=1S/C21H20FN3O7.H2S/c1-3-30-21(29)15-11-5-24(7-14(11)32-23-15)17-13(22)4-10-16-19(17)31-8-9(2)25(16)6-12(18(10)26)20(27)28;/h4,6,9,11,14H,3,5,7-8H2,1-2H3,(H,27,28);1H2/t9-,11?,14?;/m0./s1. The van der Waals surface area contributed by atoms with Gasteiger partial charge in [0.1, 0.15) is 17.9 Å². The summed E-state index contributed by atoms with van der Waals surface area (Å²) >= 11 is 0. The Bertz CT molecular complexity index is 1260. The minimum absolute atomic E-state index is 0. The topological polar surface area (TPSA) is 120 Å². The predicted octanol–water partition coefficient (Wildman–Crippen LogP) is 1.66. The predicted molar refractivity (Wildman–Crippen MR) is 120 cm³/mol. The number of ether oxygens (including phenoxy) is 2. The molecule has 3 aliphatic heterocycles. The second-order valence-corrected chi connectivity index (χ2v) is 8.03. The lowest BCUT2D eigenvalue weighted by Gasteiger charge is -2.31. The van der Waals surface area contributed by atoms with Crippen molar-refractivity contribution in [2.24, 2.45) is 11.1 Å². The molecule has 2 aromatic rings. The first-order valence-electron chi connectivity index (χ1n) is 10.2. The van der Waals surface area contributed by atoms with E-state index in [0.29, 0.717) is 5.52 Å². The van der Waals surface area contributed by atoms with Crippen LogP contribution in [0.15, 0.2) is 22.2 Å². The number of carboxylic acid groups (broad SMARTS) is 1. The Hall–Kier alpha value is -3.28. The number of carbonyl (C=O) groups excluding carboxylic acids is 1. The van der Waals surface area contributed by atoms with Crippen LogP contribution in [0.2, 0.25) is 0 Å². The third kappa shape index (κ3) is 3.39. The van der Waals surface area contributed by atoms with Gasteiger partial charge in [0.2, 0.25) is 5.43 Å². The molecule has 12 heteroatoms. The Morgan fingerprint density at radius 3 is 2.82 bits per heavy atom. The first-order valence-corrected chi connectivity index (χ1v) is 10.2. The number of nitrogens with zero attached hydrogens (tertiary/aromatic N) is 3. The zero-order valence-corrected chi connectivity index (χ0v) is 18.8. The van der Waals surface area contributed by atoms with E-state index in [4.69, 9.17) is 14.3 Å². The quantitative estimate of drug-likeness (QED) is 0.658. The summed E-state index contributed by atoms with van der Waals surface area (Å²) in [6, 6.07) is 0.793. The molecule has 1 saturated heterocycles. The molecule has 3 atom stereocenters. The summed E-state index contributed by atoms with van der Waals surface area (Å²) in [5.74, 6) is -2.89. The number of fused-ring (bicyclic) bond motifs is 1. The van der Waals surface area contributed by atoms with E-state index in [1.807, 2.05) is 6.92 Å². The molecule has 0 radical (unpaired) electrons. The van der Waals surface area contributed by atoms with Crippen LogP contribution in [0.25, 0.3) is 10.9 Å². The van der Waals surface area contributed by atoms with Gasteiger partial charge in [-0.1, -0.05) is 5.16 Å². The van der Waals surface area contributed by atoms with Crippen molar-refractivity contribution in [3.63, 3.8) is 0 Å². The second kappa shape index (κ2) is 8.25. The number of aromatic carboxylic acids is 1. The number of halogens is 1. The molecule has 0 bridgehead atoms. The van der Waals surface area contributed by atoms with Crippen LogP contribution < -0.4 is 15.1 Å². The number of carbonyl (C=O) groups is 2. The molecule has 0 amide bonds. The van der Waals surface area contributed by atoms with Crippen molar-refractivity contribution in [2.75, 3.05) is 31.2 Å². The highest BCUT2D eigenvalue weighted by molar-refractivity contribution is 7.59. The lowest BCUT2D eigenvalue weighted by Crippen LogP contribution is -2.31. The van der Waals surface area contributed by atoms with Crippen molar-refractivity contribution >= 4 is 47.7 Å². The fraction of sp³-hybridized carbons (Fsp3) is 0.429. The second-order valence-electron chi connectivity index (χ2n) is 8.03. The minimum Gasteiger partial charge on any atom is -0.487 e. The number of anilines is 1. The number of pyridine rings is 1. The molecule has 1 aromatic carbocycles. The maximum absolute atomic E-state index is 15.4. The maximum Gasteiger partial charge on any atom is 0.356 e. The first kappa shape index (κ1) is 22.9. The molecule has 0 aliphatic carbocycles. The third-order valence-electron chi connectivity index (χ3n) is 6.08. The summed E-state index contributed by atoms with van der Waals surface area (Å²) < 4.78 is 27.9. The molecule has 2 unspecified atom stereocenters. The van der Waals surface area contributed by atoms with Crippen molar-refractivity contribution in [2.45, 2.75) is 26.0 Å². The van der Waals surface area contributed by atoms with E-state index in [0.717, 1.165) is 6.07 Å². The normalized spacial score (nSPS) is 22.7. The van der Waals surface area contributed by atoms with Gasteiger partial charge in [0.15, 0.2) is 23.4 Å². The highest BCUT2D eigenvalue weighted by Gasteiger charge is 2.47. The monoisotopic (exact) mass is 479 g/mol. The first-order chi connectivity index (χ1) is 15.3. The van der Waals surface area contributed by atoms with Crippen molar-refractivity contribution in [3.8, 4) is 5.75 Å². The maximum atomic E-state index is 15.4. The van der Waals surface area contributed by atoms with Gasteiger partial charge in [-0.25, -0.2) is 14.0 Å². The Labute approximate surface area is 193 Å². The van der Waals surface area contributed by atoms with E-state index >= 15 is 4.39 Å².